The zero-order valence-electron chi connectivity index (χ0n) is 20.3. The number of carbonyl (C=O) groups is 1. The number of rotatable bonds is 8. The number of H-pyrrole nitrogens is 1. The molecule has 0 bridgehead atoms. The van der Waals surface area contributed by atoms with E-state index in [9.17, 15) is 14.4 Å². The average Bonchev–Trinajstić information content (AvgIpc) is 3.46. The van der Waals surface area contributed by atoms with Gasteiger partial charge in [-0.25, -0.2) is 9.78 Å². The minimum Gasteiger partial charge on any atom is -0.463 e. The summed E-state index contributed by atoms with van der Waals surface area (Å²) in [6.45, 7) is 6.23. The SMILES string of the molecule is CCCCn1c(N)c(N(CCC)C(=O)c2cc(-c3ccco3)nc3c2c(C)nn3C)c(=O)[nH]c1=O. The minimum atomic E-state index is -0.707. The van der Waals surface area contributed by atoms with Gasteiger partial charge in [-0.2, -0.15) is 5.10 Å². The quantitative estimate of drug-likeness (QED) is 0.395. The van der Waals surface area contributed by atoms with E-state index < -0.39 is 17.2 Å². The summed E-state index contributed by atoms with van der Waals surface area (Å²) < 4.78 is 8.43. The second-order valence-corrected chi connectivity index (χ2v) is 8.40. The molecule has 0 aliphatic heterocycles. The predicted molar refractivity (Wildman–Crippen MR) is 134 cm³/mol. The Morgan fingerprint density at radius 2 is 2.03 bits per heavy atom. The molecule has 0 radical (unpaired) electrons. The lowest BCUT2D eigenvalue weighted by Crippen LogP contribution is -2.41. The molecule has 11 heteroatoms. The largest absolute Gasteiger partial charge is 0.463 e. The molecule has 11 nitrogen and oxygen atoms in total. The molecule has 0 saturated heterocycles. The van der Waals surface area contributed by atoms with Gasteiger partial charge in [0.15, 0.2) is 17.1 Å². The fourth-order valence-electron chi connectivity index (χ4n) is 4.22. The van der Waals surface area contributed by atoms with E-state index in [1.165, 1.54) is 15.7 Å². The lowest BCUT2D eigenvalue weighted by atomic mass is 10.1. The van der Waals surface area contributed by atoms with E-state index in [0.29, 0.717) is 53.1 Å². The molecule has 3 N–H and O–H groups in total. The summed E-state index contributed by atoms with van der Waals surface area (Å²) in [5, 5.41) is 5.02. The molecule has 0 saturated carbocycles. The first-order valence-electron chi connectivity index (χ1n) is 11.6. The van der Waals surface area contributed by atoms with Crippen molar-refractivity contribution in [2.75, 3.05) is 17.2 Å². The van der Waals surface area contributed by atoms with Crippen molar-refractivity contribution in [2.24, 2.45) is 7.05 Å². The number of aromatic nitrogens is 5. The number of pyridine rings is 1. The Kier molecular flexibility index (Phi) is 6.59. The second-order valence-electron chi connectivity index (χ2n) is 8.40. The average molecular weight is 480 g/mol. The first-order valence-corrected chi connectivity index (χ1v) is 11.6. The summed E-state index contributed by atoms with van der Waals surface area (Å²) in [4.78, 5) is 47.8. The van der Waals surface area contributed by atoms with E-state index >= 15 is 0 Å². The summed E-state index contributed by atoms with van der Waals surface area (Å²) in [6, 6.07) is 5.13. The van der Waals surface area contributed by atoms with Gasteiger partial charge in [0.1, 0.15) is 11.5 Å². The van der Waals surface area contributed by atoms with Crippen molar-refractivity contribution in [3.8, 4) is 11.5 Å². The van der Waals surface area contributed by atoms with Crippen molar-refractivity contribution in [1.29, 1.82) is 0 Å². The summed E-state index contributed by atoms with van der Waals surface area (Å²) in [6.07, 6.45) is 3.62. The number of nitrogens with two attached hydrogens (primary N) is 1. The number of nitrogen functional groups attached to an aromatic ring is 1. The number of furan rings is 1. The van der Waals surface area contributed by atoms with Crippen LogP contribution in [0.3, 0.4) is 0 Å². The van der Waals surface area contributed by atoms with Crippen LogP contribution in [0.5, 0.6) is 0 Å². The monoisotopic (exact) mass is 479 g/mol. The molecule has 1 amide bonds. The number of amides is 1. The van der Waals surface area contributed by atoms with Crippen LogP contribution in [0.1, 0.15) is 49.2 Å². The molecule has 0 atom stereocenters. The summed E-state index contributed by atoms with van der Waals surface area (Å²) in [5.41, 5.74) is 6.88. The number of unbranched alkanes of at least 4 members (excludes halogenated alkanes) is 1. The van der Waals surface area contributed by atoms with Crippen molar-refractivity contribution >= 4 is 28.4 Å². The third-order valence-corrected chi connectivity index (χ3v) is 5.88. The van der Waals surface area contributed by atoms with Crippen LogP contribution < -0.4 is 21.9 Å². The Morgan fingerprint density at radius 3 is 2.69 bits per heavy atom. The molecule has 184 valence electrons. The molecule has 0 fully saturated rings. The maximum absolute atomic E-state index is 14.1. The smallest absolute Gasteiger partial charge is 0.330 e. The van der Waals surface area contributed by atoms with Crippen LogP contribution in [0, 0.1) is 6.92 Å². The molecule has 0 aliphatic rings. The van der Waals surface area contributed by atoms with Gasteiger partial charge >= 0.3 is 5.69 Å². The van der Waals surface area contributed by atoms with Gasteiger partial charge in [-0.05, 0) is 38.0 Å². The number of nitrogens with one attached hydrogen (secondary N) is 1. The Labute approximate surface area is 201 Å². The molecule has 35 heavy (non-hydrogen) atoms. The van der Waals surface area contributed by atoms with Crippen molar-refractivity contribution in [1.82, 2.24) is 24.3 Å². The van der Waals surface area contributed by atoms with E-state index in [4.69, 9.17) is 10.2 Å². The highest BCUT2D eigenvalue weighted by Crippen LogP contribution is 2.29. The van der Waals surface area contributed by atoms with E-state index in [2.05, 4.69) is 15.1 Å². The van der Waals surface area contributed by atoms with Crippen molar-refractivity contribution in [3.63, 3.8) is 0 Å². The Balaban J connectivity index is 1.94. The zero-order chi connectivity index (χ0) is 25.3. The first kappa shape index (κ1) is 24.0. The van der Waals surface area contributed by atoms with E-state index in [0.717, 1.165) is 6.42 Å². The van der Waals surface area contributed by atoms with Gasteiger partial charge < -0.3 is 15.1 Å². The Bertz CT molecular complexity index is 1500. The molecule has 0 spiro atoms. The number of hydrogen-bond donors (Lipinski definition) is 2. The molecule has 0 aliphatic carbocycles. The third kappa shape index (κ3) is 4.25. The predicted octanol–water partition coefficient (Wildman–Crippen LogP) is 2.83. The highest BCUT2D eigenvalue weighted by atomic mass is 16.3. The highest BCUT2D eigenvalue weighted by Gasteiger charge is 2.28. The Morgan fingerprint density at radius 1 is 1.26 bits per heavy atom. The molecular weight excluding hydrogens is 450 g/mol. The number of anilines is 2. The lowest BCUT2D eigenvalue weighted by Gasteiger charge is -2.24. The van der Waals surface area contributed by atoms with E-state index in [-0.39, 0.29) is 18.1 Å². The molecule has 4 aromatic heterocycles. The molecule has 4 aromatic rings. The first-order chi connectivity index (χ1) is 16.8. The van der Waals surface area contributed by atoms with Crippen LogP contribution in [0.25, 0.3) is 22.5 Å². The van der Waals surface area contributed by atoms with Gasteiger partial charge in [0.05, 0.1) is 22.9 Å². The number of carbonyl (C=O) groups excluding carboxylic acids is 1. The number of fused-ring (bicyclic) bond motifs is 1. The zero-order valence-corrected chi connectivity index (χ0v) is 20.3. The lowest BCUT2D eigenvalue weighted by molar-refractivity contribution is 0.0988. The minimum absolute atomic E-state index is 0.0338. The van der Waals surface area contributed by atoms with Gasteiger partial charge in [-0.15, -0.1) is 0 Å². The highest BCUT2D eigenvalue weighted by molar-refractivity contribution is 6.15. The molecular formula is C24H29N7O4. The second kappa shape index (κ2) is 9.61. The summed E-state index contributed by atoms with van der Waals surface area (Å²) in [5.74, 6) is 0.0156. The number of hydrogen-bond acceptors (Lipinski definition) is 7. The van der Waals surface area contributed by atoms with E-state index in [1.54, 1.807) is 36.9 Å². The Hall–Kier alpha value is -4.15. The molecule has 0 unspecified atom stereocenters. The van der Waals surface area contributed by atoms with Crippen LogP contribution in [0.4, 0.5) is 11.5 Å². The fraction of sp³-hybridized carbons (Fsp3) is 0.375. The van der Waals surface area contributed by atoms with Crippen molar-refractivity contribution in [3.05, 3.63) is 56.6 Å². The maximum atomic E-state index is 14.1. The van der Waals surface area contributed by atoms with Crippen LogP contribution in [-0.4, -0.2) is 36.8 Å². The van der Waals surface area contributed by atoms with Gasteiger partial charge in [-0.1, -0.05) is 20.3 Å². The third-order valence-electron chi connectivity index (χ3n) is 5.88. The number of aryl methyl sites for hydroxylation is 2. The van der Waals surface area contributed by atoms with Gasteiger partial charge in [0.2, 0.25) is 0 Å². The van der Waals surface area contributed by atoms with Gasteiger partial charge in [0, 0.05) is 20.1 Å². The summed E-state index contributed by atoms with van der Waals surface area (Å²) >= 11 is 0. The number of nitrogens with zero attached hydrogens (tertiary/aromatic N) is 5. The molecule has 4 rings (SSSR count). The van der Waals surface area contributed by atoms with Crippen molar-refractivity contribution < 1.29 is 9.21 Å². The molecule has 4 heterocycles. The van der Waals surface area contributed by atoms with Crippen LogP contribution in [0.15, 0.2) is 38.5 Å². The topological polar surface area (TPSA) is 145 Å². The van der Waals surface area contributed by atoms with Crippen LogP contribution in [-0.2, 0) is 13.6 Å². The van der Waals surface area contributed by atoms with Gasteiger partial charge in [0.25, 0.3) is 11.5 Å². The standard InChI is InChI=1S/C24H29N7O4/c1-5-7-11-31-20(25)19(22(32)27-24(31)34)30(10-6-2)23(33)15-13-16(17-9-8-12-35-17)26-21-18(15)14(3)28-29(21)4/h8-9,12-13H,5-7,10-11,25H2,1-4H3,(H,27,32,34). The van der Waals surface area contributed by atoms with E-state index in [1.807, 2.05) is 13.8 Å². The van der Waals surface area contributed by atoms with Crippen LogP contribution >= 0.6 is 0 Å². The van der Waals surface area contributed by atoms with Crippen LogP contribution in [0.2, 0.25) is 0 Å². The molecule has 0 aromatic carbocycles. The normalized spacial score (nSPS) is 11.3. The fourth-order valence-corrected chi connectivity index (χ4v) is 4.22. The summed E-state index contributed by atoms with van der Waals surface area (Å²) in [7, 11) is 1.75. The van der Waals surface area contributed by atoms with Crippen molar-refractivity contribution in [2.45, 2.75) is 46.6 Å². The van der Waals surface area contributed by atoms with Gasteiger partial charge in [-0.3, -0.25) is 23.8 Å². The maximum Gasteiger partial charge on any atom is 0.330 e. The number of aromatic amines is 1.